The van der Waals surface area contributed by atoms with Crippen LogP contribution in [0.1, 0.15) is 21.4 Å². The van der Waals surface area contributed by atoms with Crippen LogP contribution in [0.2, 0.25) is 0 Å². The summed E-state index contributed by atoms with van der Waals surface area (Å²) in [7, 11) is 1.98. The zero-order valence-corrected chi connectivity index (χ0v) is 11.7. The van der Waals surface area contributed by atoms with E-state index in [1.165, 1.54) is 15.3 Å². The van der Waals surface area contributed by atoms with Crippen molar-refractivity contribution >= 4 is 22.4 Å². The second-order valence-electron chi connectivity index (χ2n) is 4.44. The van der Waals surface area contributed by atoms with Crippen molar-refractivity contribution in [2.24, 2.45) is 0 Å². The molecule has 0 radical (unpaired) electrons. The van der Waals surface area contributed by atoms with Crippen LogP contribution in [-0.2, 0) is 0 Å². The minimum Gasteiger partial charge on any atom is -0.309 e. The Morgan fingerprint density at radius 2 is 1.95 bits per heavy atom. The lowest BCUT2D eigenvalue weighted by Gasteiger charge is -2.16. The van der Waals surface area contributed by atoms with Crippen LogP contribution in [0.3, 0.4) is 0 Å². The van der Waals surface area contributed by atoms with Gasteiger partial charge in [-0.15, -0.1) is 11.3 Å². The number of benzene rings is 1. The second kappa shape index (κ2) is 5.07. The monoisotopic (exact) mass is 269 g/mol. The highest BCUT2D eigenvalue weighted by Crippen LogP contribution is 2.30. The number of para-hydroxylation sites is 1. The Bertz CT molecular complexity index is 700. The Morgan fingerprint density at radius 1 is 1.11 bits per heavy atom. The van der Waals surface area contributed by atoms with Crippen LogP contribution in [0, 0.1) is 6.92 Å². The normalized spacial score (nSPS) is 12.7. The van der Waals surface area contributed by atoms with Gasteiger partial charge in [-0.05, 0) is 32.2 Å². The summed E-state index contributed by atoms with van der Waals surface area (Å²) in [6.45, 7) is 2.13. The van der Waals surface area contributed by atoms with Gasteiger partial charge in [-0.3, -0.25) is 9.97 Å². The first kappa shape index (κ1) is 12.3. The number of fused-ring (bicyclic) bond motifs is 1. The average Bonchev–Trinajstić information content (AvgIpc) is 2.86. The zero-order valence-electron chi connectivity index (χ0n) is 10.9. The van der Waals surface area contributed by atoms with Crippen molar-refractivity contribution < 1.29 is 0 Å². The molecule has 3 rings (SSSR count). The standard InChI is InChI=1S/C15H15N3S/c1-10-6-7-13(19-10)15(16-2)11-4-3-5-12-14(11)18-9-8-17-12/h3-9,15-16H,1-2H3. The van der Waals surface area contributed by atoms with Crippen molar-refractivity contribution in [3.63, 3.8) is 0 Å². The van der Waals surface area contributed by atoms with Gasteiger partial charge in [-0.2, -0.15) is 0 Å². The SMILES string of the molecule is CNC(c1ccc(C)s1)c1cccc2nccnc12. The lowest BCUT2D eigenvalue weighted by molar-refractivity contribution is 0.707. The van der Waals surface area contributed by atoms with E-state index in [4.69, 9.17) is 0 Å². The molecule has 1 aromatic carbocycles. The molecule has 96 valence electrons. The average molecular weight is 269 g/mol. The molecular weight excluding hydrogens is 254 g/mol. The van der Waals surface area contributed by atoms with Gasteiger partial charge in [0.2, 0.25) is 0 Å². The summed E-state index contributed by atoms with van der Waals surface area (Å²) in [6.07, 6.45) is 3.48. The largest absolute Gasteiger partial charge is 0.309 e. The third-order valence-corrected chi connectivity index (χ3v) is 4.24. The van der Waals surface area contributed by atoms with Gasteiger partial charge in [0.15, 0.2) is 0 Å². The van der Waals surface area contributed by atoms with Gasteiger partial charge in [-0.1, -0.05) is 12.1 Å². The highest BCUT2D eigenvalue weighted by Gasteiger charge is 2.17. The maximum atomic E-state index is 4.48. The summed E-state index contributed by atoms with van der Waals surface area (Å²) in [5.41, 5.74) is 3.08. The fourth-order valence-electron chi connectivity index (χ4n) is 2.31. The summed E-state index contributed by atoms with van der Waals surface area (Å²) >= 11 is 1.81. The Balaban J connectivity index is 2.16. The first-order valence-corrected chi connectivity index (χ1v) is 7.04. The molecule has 2 aromatic heterocycles. The fraction of sp³-hybridized carbons (Fsp3) is 0.200. The van der Waals surface area contributed by atoms with Crippen LogP contribution in [-0.4, -0.2) is 17.0 Å². The minimum absolute atomic E-state index is 0.166. The summed E-state index contributed by atoms with van der Waals surface area (Å²) in [5, 5.41) is 3.38. The molecule has 1 unspecified atom stereocenters. The molecule has 1 N–H and O–H groups in total. The van der Waals surface area contributed by atoms with E-state index in [0.29, 0.717) is 0 Å². The highest BCUT2D eigenvalue weighted by molar-refractivity contribution is 7.12. The van der Waals surface area contributed by atoms with Crippen molar-refractivity contribution in [3.8, 4) is 0 Å². The molecule has 0 fully saturated rings. The molecule has 0 spiro atoms. The lowest BCUT2D eigenvalue weighted by Crippen LogP contribution is -2.17. The molecule has 0 saturated carbocycles. The molecule has 0 aliphatic heterocycles. The van der Waals surface area contributed by atoms with Gasteiger partial charge in [0, 0.05) is 27.7 Å². The molecule has 0 amide bonds. The summed E-state index contributed by atoms with van der Waals surface area (Å²) in [5.74, 6) is 0. The second-order valence-corrected chi connectivity index (χ2v) is 5.76. The van der Waals surface area contributed by atoms with Gasteiger partial charge in [0.25, 0.3) is 0 Å². The van der Waals surface area contributed by atoms with Crippen LogP contribution in [0.5, 0.6) is 0 Å². The number of aryl methyl sites for hydroxylation is 1. The van der Waals surface area contributed by atoms with Crippen LogP contribution in [0.4, 0.5) is 0 Å². The zero-order chi connectivity index (χ0) is 13.2. The van der Waals surface area contributed by atoms with E-state index in [0.717, 1.165) is 11.0 Å². The quantitative estimate of drug-likeness (QED) is 0.792. The molecule has 0 aliphatic carbocycles. The van der Waals surface area contributed by atoms with E-state index in [1.807, 2.05) is 30.5 Å². The Morgan fingerprint density at radius 3 is 2.68 bits per heavy atom. The van der Waals surface area contributed by atoms with Gasteiger partial charge in [0.1, 0.15) is 0 Å². The molecule has 0 aliphatic rings. The molecule has 19 heavy (non-hydrogen) atoms. The van der Waals surface area contributed by atoms with Crippen molar-refractivity contribution in [1.82, 2.24) is 15.3 Å². The summed E-state index contributed by atoms with van der Waals surface area (Å²) < 4.78 is 0. The van der Waals surface area contributed by atoms with Gasteiger partial charge in [-0.25, -0.2) is 0 Å². The highest BCUT2D eigenvalue weighted by atomic mass is 32.1. The predicted molar refractivity (Wildman–Crippen MR) is 79.5 cm³/mol. The van der Waals surface area contributed by atoms with E-state index in [-0.39, 0.29) is 6.04 Å². The van der Waals surface area contributed by atoms with Crippen LogP contribution in [0.15, 0.2) is 42.7 Å². The lowest BCUT2D eigenvalue weighted by atomic mass is 10.0. The van der Waals surface area contributed by atoms with Crippen molar-refractivity contribution in [2.75, 3.05) is 7.05 Å². The van der Waals surface area contributed by atoms with E-state index in [1.54, 1.807) is 12.4 Å². The van der Waals surface area contributed by atoms with E-state index >= 15 is 0 Å². The molecule has 0 bridgehead atoms. The van der Waals surface area contributed by atoms with Crippen LogP contribution < -0.4 is 5.32 Å². The molecule has 3 nitrogen and oxygen atoms in total. The Hall–Kier alpha value is -1.78. The number of hydrogen-bond acceptors (Lipinski definition) is 4. The number of nitrogens with zero attached hydrogens (tertiary/aromatic N) is 2. The number of rotatable bonds is 3. The first-order chi connectivity index (χ1) is 9.29. The maximum absolute atomic E-state index is 4.48. The summed E-state index contributed by atoms with van der Waals surface area (Å²) in [4.78, 5) is 11.5. The number of hydrogen-bond donors (Lipinski definition) is 1. The molecule has 0 saturated heterocycles. The van der Waals surface area contributed by atoms with Crippen molar-refractivity contribution in [1.29, 1.82) is 0 Å². The van der Waals surface area contributed by atoms with Gasteiger partial charge < -0.3 is 5.32 Å². The van der Waals surface area contributed by atoms with Gasteiger partial charge >= 0.3 is 0 Å². The Kier molecular flexibility index (Phi) is 3.27. The van der Waals surface area contributed by atoms with Crippen molar-refractivity contribution in [3.05, 3.63) is 58.0 Å². The smallest absolute Gasteiger partial charge is 0.0938 e. The molecule has 1 atom stereocenters. The number of aromatic nitrogens is 2. The van der Waals surface area contributed by atoms with Gasteiger partial charge in [0.05, 0.1) is 17.1 Å². The predicted octanol–water partition coefficient (Wildman–Crippen LogP) is 3.31. The Labute approximate surface area is 116 Å². The van der Waals surface area contributed by atoms with E-state index in [9.17, 15) is 0 Å². The van der Waals surface area contributed by atoms with E-state index in [2.05, 4.69) is 40.4 Å². The number of nitrogens with one attached hydrogen (secondary N) is 1. The number of thiophene rings is 1. The third-order valence-electron chi connectivity index (χ3n) is 3.18. The molecule has 4 heteroatoms. The topological polar surface area (TPSA) is 37.8 Å². The molecule has 3 aromatic rings. The third kappa shape index (κ3) is 2.25. The minimum atomic E-state index is 0.166. The molecular formula is C15H15N3S. The van der Waals surface area contributed by atoms with Crippen LogP contribution >= 0.6 is 11.3 Å². The molecule has 2 heterocycles. The van der Waals surface area contributed by atoms with E-state index < -0.39 is 0 Å². The first-order valence-electron chi connectivity index (χ1n) is 6.23. The van der Waals surface area contributed by atoms with Crippen molar-refractivity contribution in [2.45, 2.75) is 13.0 Å². The summed E-state index contributed by atoms with van der Waals surface area (Å²) in [6, 6.07) is 10.7. The maximum Gasteiger partial charge on any atom is 0.0938 e. The fourth-order valence-corrected chi connectivity index (χ4v) is 3.31. The van der Waals surface area contributed by atoms with Crippen LogP contribution in [0.25, 0.3) is 11.0 Å².